The summed E-state index contributed by atoms with van der Waals surface area (Å²) in [6.45, 7) is 1.44. The second-order valence-corrected chi connectivity index (χ2v) is 12.5. The quantitative estimate of drug-likeness (QED) is 0.519. The molecule has 9 nitrogen and oxygen atoms in total. The Bertz CT molecular complexity index is 1110. The number of rotatable bonds is 5. The second kappa shape index (κ2) is 8.18. The molecule has 1 saturated carbocycles. The van der Waals surface area contributed by atoms with Gasteiger partial charge in [0.05, 0.1) is 10.5 Å². The minimum atomic E-state index is -3.08. The Labute approximate surface area is 193 Å². The van der Waals surface area contributed by atoms with Gasteiger partial charge in [0.1, 0.15) is 6.04 Å². The summed E-state index contributed by atoms with van der Waals surface area (Å²) in [7, 11) is -3.08. The molecule has 178 valence electrons. The van der Waals surface area contributed by atoms with Crippen LogP contribution in [0.15, 0.2) is 18.2 Å². The van der Waals surface area contributed by atoms with Crippen LogP contribution in [0.25, 0.3) is 0 Å². The zero-order valence-electron chi connectivity index (χ0n) is 18.5. The van der Waals surface area contributed by atoms with Gasteiger partial charge in [0, 0.05) is 31.1 Å². The van der Waals surface area contributed by atoms with Crippen molar-refractivity contribution in [1.29, 1.82) is 0 Å². The summed E-state index contributed by atoms with van der Waals surface area (Å²) in [5.74, 6) is -0.402. The molecule has 3 aliphatic heterocycles. The number of nitrogens with two attached hydrogens (primary N) is 1. The summed E-state index contributed by atoms with van der Waals surface area (Å²) in [6, 6.07) is 5.23. The number of fused-ring (bicyclic) bond motifs is 1. The van der Waals surface area contributed by atoms with Crippen LogP contribution in [-0.2, 0) is 32.5 Å². The predicted octanol–water partition coefficient (Wildman–Crippen LogP) is 0.222. The molecule has 0 radical (unpaired) electrons. The molecule has 0 bridgehead atoms. The van der Waals surface area contributed by atoms with Gasteiger partial charge in [-0.2, -0.15) is 0 Å². The van der Waals surface area contributed by atoms with E-state index in [4.69, 9.17) is 5.73 Å². The van der Waals surface area contributed by atoms with E-state index >= 15 is 0 Å². The number of hydrogen-bond acceptors (Lipinski definition) is 7. The molecule has 2 saturated heterocycles. The number of benzene rings is 1. The molecule has 2 unspecified atom stereocenters. The van der Waals surface area contributed by atoms with Crippen LogP contribution >= 0.6 is 0 Å². The molecular formula is C23H30N4O5S. The predicted molar refractivity (Wildman–Crippen MR) is 121 cm³/mol. The average Bonchev–Trinajstić information content (AvgIpc) is 3.07. The number of hydrogen-bond donors (Lipinski definition) is 3. The summed E-state index contributed by atoms with van der Waals surface area (Å²) < 4.78 is 24.7. The first-order chi connectivity index (χ1) is 15.7. The molecule has 1 aromatic rings. The first-order valence-electron chi connectivity index (χ1n) is 11.6. The van der Waals surface area contributed by atoms with Gasteiger partial charge < -0.3 is 16.0 Å². The maximum Gasteiger partial charge on any atom is 0.255 e. The number of nitrogens with zero attached hydrogens (tertiary/aromatic N) is 1. The van der Waals surface area contributed by atoms with Gasteiger partial charge in [0.25, 0.3) is 5.91 Å². The minimum Gasteiger partial charge on any atom is -0.330 e. The largest absolute Gasteiger partial charge is 0.330 e. The van der Waals surface area contributed by atoms with E-state index in [0.29, 0.717) is 63.2 Å². The van der Waals surface area contributed by atoms with Crippen molar-refractivity contribution < 1.29 is 22.8 Å². The van der Waals surface area contributed by atoms with Crippen molar-refractivity contribution in [1.82, 2.24) is 15.5 Å². The highest BCUT2D eigenvalue weighted by Crippen LogP contribution is 2.49. The molecule has 3 heterocycles. The summed E-state index contributed by atoms with van der Waals surface area (Å²) in [4.78, 5) is 38.2. The highest BCUT2D eigenvalue weighted by atomic mass is 32.2. The molecule has 3 fully saturated rings. The van der Waals surface area contributed by atoms with Gasteiger partial charge in [0.15, 0.2) is 9.84 Å². The number of nitrogens with one attached hydrogen (secondary N) is 2. The van der Waals surface area contributed by atoms with E-state index in [1.54, 1.807) is 4.90 Å². The lowest BCUT2D eigenvalue weighted by Gasteiger charge is -2.50. The van der Waals surface area contributed by atoms with E-state index in [2.05, 4.69) is 10.6 Å². The van der Waals surface area contributed by atoms with Crippen LogP contribution in [-0.4, -0.2) is 60.2 Å². The molecule has 2 atom stereocenters. The van der Waals surface area contributed by atoms with Gasteiger partial charge in [-0.1, -0.05) is 12.1 Å². The van der Waals surface area contributed by atoms with Gasteiger partial charge in [-0.3, -0.25) is 19.7 Å². The maximum atomic E-state index is 13.0. The van der Waals surface area contributed by atoms with Crippen molar-refractivity contribution in [2.75, 3.05) is 12.3 Å². The molecule has 1 spiro atoms. The zero-order valence-corrected chi connectivity index (χ0v) is 19.3. The standard InChI is InChI=1S/C23H30N4O5S/c24-11-15-8-23(9-15)10-17(5-6-33(23,31)32)25-12-14-1-2-16-13-27(22(30)18(16)7-14)19-3-4-20(28)26-21(19)29/h1-2,7,15,17,19,25H,3-6,8-13,24H2,(H,26,28,29). The first-order valence-corrected chi connectivity index (χ1v) is 13.3. The molecule has 5 rings (SSSR count). The first kappa shape index (κ1) is 22.5. The van der Waals surface area contributed by atoms with Crippen molar-refractivity contribution in [2.24, 2.45) is 11.7 Å². The molecule has 3 amide bonds. The van der Waals surface area contributed by atoms with E-state index < -0.39 is 26.5 Å². The maximum absolute atomic E-state index is 13.0. The Balaban J connectivity index is 1.23. The Morgan fingerprint density at radius 3 is 2.67 bits per heavy atom. The number of carbonyl (C=O) groups excluding carboxylic acids is 3. The number of piperidine rings is 1. The van der Waals surface area contributed by atoms with Crippen molar-refractivity contribution in [3.8, 4) is 0 Å². The Morgan fingerprint density at radius 2 is 1.94 bits per heavy atom. The van der Waals surface area contributed by atoms with Crippen molar-refractivity contribution in [3.63, 3.8) is 0 Å². The van der Waals surface area contributed by atoms with E-state index in [-0.39, 0.29) is 30.0 Å². The summed E-state index contributed by atoms with van der Waals surface area (Å²) >= 11 is 0. The number of sulfone groups is 1. The van der Waals surface area contributed by atoms with Crippen LogP contribution in [0.3, 0.4) is 0 Å². The molecule has 10 heteroatoms. The molecule has 0 aromatic heterocycles. The van der Waals surface area contributed by atoms with E-state index in [9.17, 15) is 22.8 Å². The number of carbonyl (C=O) groups is 3. The van der Waals surface area contributed by atoms with E-state index in [1.807, 2.05) is 18.2 Å². The Kier molecular flexibility index (Phi) is 5.57. The lowest BCUT2D eigenvalue weighted by molar-refractivity contribution is -0.136. The van der Waals surface area contributed by atoms with Crippen LogP contribution in [0.5, 0.6) is 0 Å². The fourth-order valence-electron chi connectivity index (χ4n) is 5.92. The molecular weight excluding hydrogens is 444 g/mol. The molecule has 4 N–H and O–H groups in total. The van der Waals surface area contributed by atoms with Gasteiger partial charge in [-0.25, -0.2) is 8.42 Å². The minimum absolute atomic E-state index is 0.108. The molecule has 1 aromatic carbocycles. The second-order valence-electron chi connectivity index (χ2n) is 9.97. The van der Waals surface area contributed by atoms with Gasteiger partial charge in [0.2, 0.25) is 11.8 Å². The Hall–Kier alpha value is -2.30. The number of imide groups is 1. The number of amides is 3. The van der Waals surface area contributed by atoms with Crippen LogP contribution < -0.4 is 16.4 Å². The fraction of sp³-hybridized carbons (Fsp3) is 0.609. The third-order valence-electron chi connectivity index (χ3n) is 7.86. The van der Waals surface area contributed by atoms with Crippen molar-refractivity contribution in [3.05, 3.63) is 34.9 Å². The normalized spacial score (nSPS) is 33.1. The highest BCUT2D eigenvalue weighted by Gasteiger charge is 2.55. The molecule has 4 aliphatic rings. The third kappa shape index (κ3) is 3.87. The zero-order chi connectivity index (χ0) is 23.4. The highest BCUT2D eigenvalue weighted by molar-refractivity contribution is 7.92. The van der Waals surface area contributed by atoms with E-state index in [1.165, 1.54) is 0 Å². The van der Waals surface area contributed by atoms with Crippen LogP contribution in [0, 0.1) is 5.92 Å². The van der Waals surface area contributed by atoms with E-state index in [0.717, 1.165) is 11.1 Å². The van der Waals surface area contributed by atoms with Crippen molar-refractivity contribution >= 4 is 27.6 Å². The lowest BCUT2D eigenvalue weighted by Crippen LogP contribution is -2.59. The fourth-order valence-corrected chi connectivity index (χ4v) is 8.38. The van der Waals surface area contributed by atoms with Crippen LogP contribution in [0.2, 0.25) is 0 Å². The molecule has 33 heavy (non-hydrogen) atoms. The van der Waals surface area contributed by atoms with Crippen LogP contribution in [0.1, 0.15) is 60.0 Å². The van der Waals surface area contributed by atoms with Gasteiger partial charge >= 0.3 is 0 Å². The molecule has 1 aliphatic carbocycles. The SMILES string of the molecule is NCC1CC2(C1)CC(NCc1ccc3c(c1)C(=O)N(C1CCC(=O)NC1=O)C3)CCS2(=O)=O. The smallest absolute Gasteiger partial charge is 0.255 e. The van der Waals surface area contributed by atoms with Crippen molar-refractivity contribution in [2.45, 2.75) is 68.4 Å². The Morgan fingerprint density at radius 1 is 1.15 bits per heavy atom. The van der Waals surface area contributed by atoms with Crippen LogP contribution in [0.4, 0.5) is 0 Å². The summed E-state index contributed by atoms with van der Waals surface area (Å²) in [5, 5.41) is 5.82. The lowest BCUT2D eigenvalue weighted by atomic mass is 9.70. The third-order valence-corrected chi connectivity index (χ3v) is 10.4. The van der Waals surface area contributed by atoms with Gasteiger partial charge in [-0.05, 0) is 61.8 Å². The summed E-state index contributed by atoms with van der Waals surface area (Å²) in [6.07, 6.45) is 3.09. The topological polar surface area (TPSA) is 139 Å². The summed E-state index contributed by atoms with van der Waals surface area (Å²) in [5.41, 5.74) is 8.14. The average molecular weight is 475 g/mol. The monoisotopic (exact) mass is 474 g/mol. The van der Waals surface area contributed by atoms with Gasteiger partial charge in [-0.15, -0.1) is 0 Å².